The van der Waals surface area contributed by atoms with Crippen LogP contribution in [0.5, 0.6) is 5.75 Å². The van der Waals surface area contributed by atoms with Crippen LogP contribution in [0.4, 0.5) is 0 Å². The van der Waals surface area contributed by atoms with Gasteiger partial charge in [-0.15, -0.1) is 0 Å². The lowest BCUT2D eigenvalue weighted by atomic mass is 10.2. The molecule has 0 aliphatic rings. The lowest BCUT2D eigenvalue weighted by Crippen LogP contribution is -2.41. The fourth-order valence-corrected chi connectivity index (χ4v) is 2.30. The highest BCUT2D eigenvalue weighted by Crippen LogP contribution is 2.16. The van der Waals surface area contributed by atoms with E-state index >= 15 is 0 Å². The molecule has 0 radical (unpaired) electrons. The van der Waals surface area contributed by atoms with Gasteiger partial charge < -0.3 is 25.0 Å². The molecule has 0 saturated carbocycles. The van der Waals surface area contributed by atoms with Crippen molar-refractivity contribution in [2.24, 2.45) is 7.05 Å². The Hall–Kier alpha value is -2.80. The number of aromatic nitrogens is 1. The Morgan fingerprint density at radius 3 is 2.54 bits per heavy atom. The molecule has 0 aliphatic heterocycles. The number of hydrogen-bond acceptors (Lipinski definition) is 4. The molecular weight excluding hydrogens is 310 g/mol. The number of aliphatic hydroxyl groups is 1. The molecule has 7 heteroatoms. The van der Waals surface area contributed by atoms with E-state index in [2.05, 4.69) is 10.6 Å². The van der Waals surface area contributed by atoms with Crippen LogP contribution in [-0.2, 0) is 23.2 Å². The van der Waals surface area contributed by atoms with E-state index in [1.54, 1.807) is 49.2 Å². The monoisotopic (exact) mass is 331 g/mol. The summed E-state index contributed by atoms with van der Waals surface area (Å²) in [5.41, 5.74) is 1.43. The first-order chi connectivity index (χ1) is 11.5. The fraction of sp³-hybridized carbons (Fsp3) is 0.294. The minimum Gasteiger partial charge on any atom is -0.496 e. The van der Waals surface area contributed by atoms with Crippen molar-refractivity contribution in [1.29, 1.82) is 0 Å². The molecule has 2 aromatic rings. The first-order valence-electron chi connectivity index (χ1n) is 7.50. The maximum absolute atomic E-state index is 11.8. The third kappa shape index (κ3) is 4.36. The molecular formula is C17H21N3O4. The van der Waals surface area contributed by atoms with E-state index in [9.17, 15) is 14.7 Å². The van der Waals surface area contributed by atoms with Crippen LogP contribution >= 0.6 is 0 Å². The van der Waals surface area contributed by atoms with Crippen LogP contribution in [0, 0.1) is 0 Å². The number of hydrogen-bond donors (Lipinski definition) is 3. The molecule has 1 aromatic carbocycles. The highest BCUT2D eigenvalue weighted by atomic mass is 16.5. The number of amides is 2. The maximum atomic E-state index is 11.8. The van der Waals surface area contributed by atoms with Crippen molar-refractivity contribution in [2.75, 3.05) is 13.7 Å². The zero-order valence-corrected chi connectivity index (χ0v) is 13.7. The summed E-state index contributed by atoms with van der Waals surface area (Å²) in [5.74, 6) is -0.921. The van der Waals surface area contributed by atoms with Gasteiger partial charge in [0.25, 0.3) is 0 Å². The molecule has 1 atom stereocenters. The second-order valence-corrected chi connectivity index (χ2v) is 5.26. The number of carbonyl (C=O) groups excluding carboxylic acids is 2. The van der Waals surface area contributed by atoms with Crippen LogP contribution in [0.15, 0.2) is 42.6 Å². The van der Waals surface area contributed by atoms with Crippen LogP contribution in [0.2, 0.25) is 0 Å². The summed E-state index contributed by atoms with van der Waals surface area (Å²) in [4.78, 5) is 23.6. The zero-order chi connectivity index (χ0) is 17.5. The third-order valence-electron chi connectivity index (χ3n) is 3.62. The van der Waals surface area contributed by atoms with Crippen molar-refractivity contribution in [3.8, 4) is 5.75 Å². The molecule has 0 bridgehead atoms. The second kappa shape index (κ2) is 8.16. The minimum absolute atomic E-state index is 0.0429. The summed E-state index contributed by atoms with van der Waals surface area (Å²) >= 11 is 0. The molecule has 0 fully saturated rings. The number of aliphatic hydroxyl groups excluding tert-OH is 1. The number of aryl methyl sites for hydroxylation is 1. The predicted octanol–water partition coefficient (Wildman–Crippen LogP) is 0.500. The van der Waals surface area contributed by atoms with Gasteiger partial charge in [-0.3, -0.25) is 9.59 Å². The van der Waals surface area contributed by atoms with E-state index in [4.69, 9.17) is 4.74 Å². The summed E-state index contributed by atoms with van der Waals surface area (Å²) in [6.45, 7) is 0.134. The predicted molar refractivity (Wildman–Crippen MR) is 88.2 cm³/mol. The Labute approximate surface area is 140 Å². The average Bonchev–Trinajstić information content (AvgIpc) is 3.03. The van der Waals surface area contributed by atoms with E-state index < -0.39 is 17.9 Å². The molecule has 2 rings (SSSR count). The van der Waals surface area contributed by atoms with Crippen molar-refractivity contribution in [3.63, 3.8) is 0 Å². The molecule has 0 aliphatic carbocycles. The Morgan fingerprint density at radius 1 is 1.17 bits per heavy atom. The maximum Gasteiger partial charge on any atom is 0.309 e. The number of rotatable bonds is 6. The van der Waals surface area contributed by atoms with Crippen LogP contribution in [-0.4, -0.2) is 35.1 Å². The van der Waals surface area contributed by atoms with E-state index in [-0.39, 0.29) is 13.1 Å². The van der Waals surface area contributed by atoms with Crippen molar-refractivity contribution in [1.82, 2.24) is 15.2 Å². The lowest BCUT2D eigenvalue weighted by molar-refractivity contribution is -0.139. The van der Waals surface area contributed by atoms with Gasteiger partial charge in [0.1, 0.15) is 11.9 Å². The molecule has 24 heavy (non-hydrogen) atoms. The minimum atomic E-state index is -0.879. The van der Waals surface area contributed by atoms with E-state index in [1.807, 2.05) is 12.1 Å². The quantitative estimate of drug-likeness (QED) is 0.672. The van der Waals surface area contributed by atoms with Gasteiger partial charge in [-0.05, 0) is 18.2 Å². The Morgan fingerprint density at radius 2 is 1.88 bits per heavy atom. The summed E-state index contributed by atoms with van der Waals surface area (Å²) in [6, 6.07) is 10.8. The first-order valence-corrected chi connectivity index (χ1v) is 7.50. The molecule has 7 nitrogen and oxygen atoms in total. The van der Waals surface area contributed by atoms with Gasteiger partial charge in [0, 0.05) is 37.6 Å². The topological polar surface area (TPSA) is 92.6 Å². The summed E-state index contributed by atoms with van der Waals surface area (Å²) < 4.78 is 6.93. The lowest BCUT2D eigenvalue weighted by Gasteiger charge is -2.13. The van der Waals surface area contributed by atoms with Crippen LogP contribution in [0.3, 0.4) is 0 Å². The largest absolute Gasteiger partial charge is 0.496 e. The van der Waals surface area contributed by atoms with Crippen LogP contribution in [0.25, 0.3) is 0 Å². The van der Waals surface area contributed by atoms with Crippen molar-refractivity contribution in [3.05, 3.63) is 53.9 Å². The molecule has 1 aromatic heterocycles. The van der Waals surface area contributed by atoms with Crippen LogP contribution < -0.4 is 15.4 Å². The first kappa shape index (κ1) is 17.6. The fourth-order valence-electron chi connectivity index (χ4n) is 2.30. The number of nitrogens with one attached hydrogen (secondary N) is 2. The molecule has 2 amide bonds. The second-order valence-electron chi connectivity index (χ2n) is 5.26. The highest BCUT2D eigenvalue weighted by molar-refractivity contribution is 6.35. The zero-order valence-electron chi connectivity index (χ0n) is 13.7. The Bertz CT molecular complexity index is 711. The number of benzene rings is 1. The standard InChI is InChI=1S/C17H21N3O4/c1-20-9-5-7-13(20)14(21)11-19-17(23)16(22)18-10-12-6-3-4-8-15(12)24-2/h3-9,14,21H,10-11H2,1-2H3,(H,18,22)(H,19,23). The number of ether oxygens (including phenoxy) is 1. The normalized spacial score (nSPS) is 11.6. The Kier molecular flexibility index (Phi) is 5.97. The van der Waals surface area contributed by atoms with Gasteiger partial charge in [0.05, 0.1) is 7.11 Å². The summed E-state index contributed by atoms with van der Waals surface area (Å²) in [5, 5.41) is 15.0. The van der Waals surface area contributed by atoms with E-state index in [0.29, 0.717) is 11.4 Å². The molecule has 1 heterocycles. The molecule has 128 valence electrons. The molecule has 3 N–H and O–H groups in total. The number of methoxy groups -OCH3 is 1. The SMILES string of the molecule is COc1ccccc1CNC(=O)C(=O)NCC(O)c1cccn1C. The van der Waals surface area contributed by atoms with Crippen molar-refractivity contribution < 1.29 is 19.4 Å². The summed E-state index contributed by atoms with van der Waals surface area (Å²) in [7, 11) is 3.33. The van der Waals surface area contributed by atoms with Gasteiger partial charge in [0.2, 0.25) is 0 Å². The van der Waals surface area contributed by atoms with Crippen LogP contribution in [0.1, 0.15) is 17.4 Å². The smallest absolute Gasteiger partial charge is 0.309 e. The number of carbonyl (C=O) groups is 2. The number of nitrogens with zero attached hydrogens (tertiary/aromatic N) is 1. The van der Waals surface area contributed by atoms with Crippen molar-refractivity contribution >= 4 is 11.8 Å². The van der Waals surface area contributed by atoms with E-state index in [0.717, 1.165) is 5.56 Å². The summed E-state index contributed by atoms with van der Waals surface area (Å²) in [6.07, 6.45) is 0.913. The average molecular weight is 331 g/mol. The van der Waals surface area contributed by atoms with Crippen molar-refractivity contribution in [2.45, 2.75) is 12.6 Å². The third-order valence-corrected chi connectivity index (χ3v) is 3.62. The molecule has 0 spiro atoms. The molecule has 0 saturated heterocycles. The van der Waals surface area contributed by atoms with Gasteiger partial charge >= 0.3 is 11.8 Å². The van der Waals surface area contributed by atoms with Gasteiger partial charge in [0.15, 0.2) is 0 Å². The van der Waals surface area contributed by atoms with E-state index in [1.165, 1.54) is 0 Å². The Balaban J connectivity index is 1.82. The van der Waals surface area contributed by atoms with Gasteiger partial charge in [-0.25, -0.2) is 0 Å². The molecule has 1 unspecified atom stereocenters. The highest BCUT2D eigenvalue weighted by Gasteiger charge is 2.17. The number of para-hydroxylation sites is 1. The van der Waals surface area contributed by atoms with Gasteiger partial charge in [-0.1, -0.05) is 18.2 Å². The van der Waals surface area contributed by atoms with Gasteiger partial charge in [-0.2, -0.15) is 0 Å².